The van der Waals surface area contributed by atoms with Crippen LogP contribution in [0.15, 0.2) is 66.0 Å². The number of aliphatic hydroxyl groups is 4. The number of benzene rings is 1. The summed E-state index contributed by atoms with van der Waals surface area (Å²) in [7, 11) is 0. The van der Waals surface area contributed by atoms with Crippen molar-refractivity contribution in [3.05, 3.63) is 71.5 Å². The molecule has 0 amide bonds. The van der Waals surface area contributed by atoms with Gasteiger partial charge in [-0.3, -0.25) is 9.36 Å². The van der Waals surface area contributed by atoms with Crippen LogP contribution in [0.25, 0.3) is 28.0 Å². The molecule has 1 aliphatic rings. The smallest absolute Gasteiger partial charge is 0.260 e. The van der Waals surface area contributed by atoms with Crippen LogP contribution in [0.4, 0.5) is 0 Å². The first-order chi connectivity index (χ1) is 16.5. The van der Waals surface area contributed by atoms with Gasteiger partial charge in [-0.05, 0) is 29.8 Å². The third-order valence-electron chi connectivity index (χ3n) is 5.75. The zero-order chi connectivity index (χ0) is 23.8. The molecule has 5 N–H and O–H groups in total. The quantitative estimate of drug-likeness (QED) is 0.271. The van der Waals surface area contributed by atoms with E-state index < -0.39 is 37.3 Å². The number of pyridine rings is 1. The van der Waals surface area contributed by atoms with Crippen molar-refractivity contribution < 1.29 is 29.9 Å². The number of aromatic nitrogens is 4. The average molecular weight is 466 g/mol. The summed E-state index contributed by atoms with van der Waals surface area (Å²) in [5, 5.41) is 39.8. The first-order valence-corrected chi connectivity index (χ1v) is 10.6. The van der Waals surface area contributed by atoms with E-state index in [0.29, 0.717) is 33.7 Å². The standard InChI is InChI=1S/C23H22N4O7/c28-10-15-18(29)19(30)20(31)23(34-15)33-13-6-4-12(5-7-13)14-9-27(16-3-1-2-8-24-16)21-17(14)22(32)26-11-25-21/h1-9,11,15,18-20,23,28-31H,10H2,(H,25,26,32). The second-order valence-corrected chi connectivity index (χ2v) is 7.87. The lowest BCUT2D eigenvalue weighted by Crippen LogP contribution is -2.60. The van der Waals surface area contributed by atoms with Gasteiger partial charge < -0.3 is 34.9 Å². The van der Waals surface area contributed by atoms with Gasteiger partial charge >= 0.3 is 0 Å². The van der Waals surface area contributed by atoms with E-state index in [0.717, 1.165) is 0 Å². The second-order valence-electron chi connectivity index (χ2n) is 7.87. The molecule has 11 heteroatoms. The minimum absolute atomic E-state index is 0.295. The van der Waals surface area contributed by atoms with Crippen LogP contribution in [0.3, 0.4) is 0 Å². The lowest BCUT2D eigenvalue weighted by Gasteiger charge is -2.39. The Morgan fingerprint density at radius 3 is 2.53 bits per heavy atom. The Bertz CT molecular complexity index is 1340. The fourth-order valence-electron chi connectivity index (χ4n) is 3.97. The van der Waals surface area contributed by atoms with E-state index in [1.165, 1.54) is 6.33 Å². The van der Waals surface area contributed by atoms with Gasteiger partial charge in [-0.15, -0.1) is 0 Å². The van der Waals surface area contributed by atoms with Gasteiger partial charge in [0.2, 0.25) is 6.29 Å². The number of hydrogen-bond donors (Lipinski definition) is 5. The predicted molar refractivity (Wildman–Crippen MR) is 119 cm³/mol. The van der Waals surface area contributed by atoms with E-state index in [1.54, 1.807) is 47.3 Å². The summed E-state index contributed by atoms with van der Waals surface area (Å²) in [6.45, 7) is -0.549. The second kappa shape index (κ2) is 8.97. The lowest BCUT2D eigenvalue weighted by atomic mass is 9.99. The molecule has 0 aliphatic carbocycles. The van der Waals surface area contributed by atoms with Crippen LogP contribution in [0.2, 0.25) is 0 Å². The van der Waals surface area contributed by atoms with Crippen molar-refractivity contribution in [1.29, 1.82) is 0 Å². The Kier molecular flexibility index (Phi) is 5.86. The molecule has 1 aliphatic heterocycles. The minimum atomic E-state index is -1.54. The highest BCUT2D eigenvalue weighted by Gasteiger charge is 2.44. The Balaban J connectivity index is 1.46. The maximum atomic E-state index is 12.6. The van der Waals surface area contributed by atoms with Crippen molar-refractivity contribution in [2.75, 3.05) is 6.61 Å². The molecule has 1 saturated heterocycles. The first-order valence-electron chi connectivity index (χ1n) is 10.6. The molecule has 5 unspecified atom stereocenters. The van der Waals surface area contributed by atoms with Crippen LogP contribution < -0.4 is 10.3 Å². The van der Waals surface area contributed by atoms with Gasteiger partial charge in [-0.1, -0.05) is 18.2 Å². The van der Waals surface area contributed by atoms with Gasteiger partial charge in [0.1, 0.15) is 36.0 Å². The summed E-state index contributed by atoms with van der Waals surface area (Å²) >= 11 is 0. The highest BCUT2D eigenvalue weighted by Crippen LogP contribution is 2.31. The summed E-state index contributed by atoms with van der Waals surface area (Å²) in [6.07, 6.45) is -2.11. The lowest BCUT2D eigenvalue weighted by molar-refractivity contribution is -0.277. The maximum Gasteiger partial charge on any atom is 0.260 e. The number of fused-ring (bicyclic) bond motifs is 1. The number of H-pyrrole nitrogens is 1. The largest absolute Gasteiger partial charge is 0.462 e. The highest BCUT2D eigenvalue weighted by atomic mass is 16.7. The Morgan fingerprint density at radius 1 is 1.03 bits per heavy atom. The Morgan fingerprint density at radius 2 is 1.82 bits per heavy atom. The van der Waals surface area contributed by atoms with Crippen LogP contribution in [0.1, 0.15) is 0 Å². The number of nitrogens with one attached hydrogen (secondary N) is 1. The first kappa shape index (κ1) is 22.2. The normalized spacial score (nSPS) is 24.9. The summed E-state index contributed by atoms with van der Waals surface area (Å²) in [5.41, 5.74) is 1.50. The Hall–Kier alpha value is -3.61. The fraction of sp³-hybridized carbons (Fsp3) is 0.261. The van der Waals surface area contributed by atoms with Crippen molar-refractivity contribution in [2.45, 2.75) is 30.7 Å². The van der Waals surface area contributed by atoms with Crippen LogP contribution in [0.5, 0.6) is 5.75 Å². The van der Waals surface area contributed by atoms with Gasteiger partial charge in [0.15, 0.2) is 5.65 Å². The van der Waals surface area contributed by atoms with Gasteiger partial charge in [0.25, 0.3) is 5.56 Å². The van der Waals surface area contributed by atoms with Gasteiger partial charge in [0, 0.05) is 18.0 Å². The molecule has 34 heavy (non-hydrogen) atoms. The summed E-state index contributed by atoms with van der Waals surface area (Å²) in [6, 6.07) is 12.1. The highest BCUT2D eigenvalue weighted by molar-refractivity contribution is 5.94. The molecule has 0 bridgehead atoms. The van der Waals surface area contributed by atoms with Crippen molar-refractivity contribution in [3.8, 4) is 22.7 Å². The van der Waals surface area contributed by atoms with Crippen LogP contribution >= 0.6 is 0 Å². The number of hydrogen-bond acceptors (Lipinski definition) is 9. The van der Waals surface area contributed by atoms with E-state index in [1.807, 2.05) is 12.1 Å². The van der Waals surface area contributed by atoms with Crippen LogP contribution in [-0.4, -0.2) is 77.3 Å². The van der Waals surface area contributed by atoms with Crippen molar-refractivity contribution in [3.63, 3.8) is 0 Å². The average Bonchev–Trinajstić information content (AvgIpc) is 3.26. The molecule has 3 aromatic heterocycles. The van der Waals surface area contributed by atoms with E-state index in [4.69, 9.17) is 9.47 Å². The SMILES string of the molecule is O=c1[nH]cnc2c1c(-c1ccc(OC3OC(CO)C(O)C(O)C3O)cc1)cn2-c1ccccn1. The van der Waals surface area contributed by atoms with Crippen LogP contribution in [-0.2, 0) is 4.74 Å². The molecule has 176 valence electrons. The van der Waals surface area contributed by atoms with E-state index in [2.05, 4.69) is 15.0 Å². The molecule has 0 spiro atoms. The summed E-state index contributed by atoms with van der Waals surface area (Å²) in [5.74, 6) is 0.924. The molecule has 5 rings (SSSR count). The number of ether oxygens (including phenoxy) is 2. The van der Waals surface area contributed by atoms with Gasteiger partial charge in [-0.25, -0.2) is 9.97 Å². The monoisotopic (exact) mass is 466 g/mol. The molecule has 0 radical (unpaired) electrons. The topological polar surface area (TPSA) is 163 Å². The van der Waals surface area contributed by atoms with Crippen LogP contribution in [0, 0.1) is 0 Å². The third kappa shape index (κ3) is 3.85. The minimum Gasteiger partial charge on any atom is -0.462 e. The van der Waals surface area contributed by atoms with Gasteiger partial charge in [0.05, 0.1) is 18.3 Å². The molecular weight excluding hydrogens is 444 g/mol. The third-order valence-corrected chi connectivity index (χ3v) is 5.75. The zero-order valence-corrected chi connectivity index (χ0v) is 17.7. The molecule has 1 aromatic carbocycles. The molecule has 4 heterocycles. The molecule has 1 fully saturated rings. The van der Waals surface area contributed by atoms with E-state index in [9.17, 15) is 25.2 Å². The zero-order valence-electron chi connectivity index (χ0n) is 17.7. The molecule has 11 nitrogen and oxygen atoms in total. The molecular formula is C23H22N4O7. The van der Waals surface area contributed by atoms with Gasteiger partial charge in [-0.2, -0.15) is 0 Å². The van der Waals surface area contributed by atoms with Crippen molar-refractivity contribution in [2.24, 2.45) is 0 Å². The molecule has 0 saturated carbocycles. The number of aromatic amines is 1. The van der Waals surface area contributed by atoms with Crippen molar-refractivity contribution in [1.82, 2.24) is 19.5 Å². The maximum absolute atomic E-state index is 12.6. The number of rotatable bonds is 5. The van der Waals surface area contributed by atoms with E-state index >= 15 is 0 Å². The molecule has 5 atom stereocenters. The summed E-state index contributed by atoms with van der Waals surface area (Å²) < 4.78 is 12.8. The van der Waals surface area contributed by atoms with E-state index in [-0.39, 0.29) is 5.56 Å². The Labute approximate surface area is 192 Å². The fourth-order valence-corrected chi connectivity index (χ4v) is 3.97. The number of aliphatic hydroxyl groups excluding tert-OH is 4. The number of nitrogens with zero attached hydrogens (tertiary/aromatic N) is 3. The molecule has 4 aromatic rings. The predicted octanol–water partition coefficient (Wildman–Crippen LogP) is -0.0455. The summed E-state index contributed by atoms with van der Waals surface area (Å²) in [4.78, 5) is 23.9. The van der Waals surface area contributed by atoms with Crippen molar-refractivity contribution >= 4 is 11.0 Å².